The highest BCUT2D eigenvalue weighted by Crippen LogP contribution is 2.65. The minimum atomic E-state index is -0.0376. The number of nitrogens with zero attached hydrogens (tertiary/aromatic N) is 1. The summed E-state index contributed by atoms with van der Waals surface area (Å²) in [5, 5.41) is 0. The third-order valence-electron chi connectivity index (χ3n) is 4.18. The largest absolute Gasteiger partial charge is 0.281 e. The van der Waals surface area contributed by atoms with Crippen molar-refractivity contribution in [2.24, 2.45) is 10.4 Å². The minimum Gasteiger partial charge on any atom is -0.281 e. The fourth-order valence-electron chi connectivity index (χ4n) is 2.82. The molecule has 1 atom stereocenters. The highest BCUT2D eigenvalue weighted by molar-refractivity contribution is 5.80. The van der Waals surface area contributed by atoms with Crippen molar-refractivity contribution in [1.29, 1.82) is 0 Å². The van der Waals surface area contributed by atoms with Gasteiger partial charge in [0, 0.05) is 6.21 Å². The lowest BCUT2D eigenvalue weighted by Crippen LogP contribution is -2.11. The van der Waals surface area contributed by atoms with Gasteiger partial charge in [0.25, 0.3) is 0 Å². The van der Waals surface area contributed by atoms with E-state index in [1.54, 1.807) is 0 Å². The lowest BCUT2D eigenvalue weighted by molar-refractivity contribution is 0.514. The zero-order valence-electron chi connectivity index (χ0n) is 11.5. The second-order valence-electron chi connectivity index (χ2n) is 5.96. The summed E-state index contributed by atoms with van der Waals surface area (Å²) in [6, 6.07) is 21.0. The molecule has 1 unspecified atom stereocenters. The Bertz CT molecular complexity index is 584. The summed E-state index contributed by atoms with van der Waals surface area (Å²) in [6.45, 7) is 4.59. The quantitative estimate of drug-likeness (QED) is 0.713. The van der Waals surface area contributed by atoms with Gasteiger partial charge in [-0.25, -0.2) is 0 Å². The van der Waals surface area contributed by atoms with Gasteiger partial charge in [-0.15, -0.1) is 0 Å². The van der Waals surface area contributed by atoms with Crippen molar-refractivity contribution in [1.82, 2.24) is 0 Å². The molecule has 0 radical (unpaired) electrons. The van der Waals surface area contributed by atoms with Crippen LogP contribution >= 0.6 is 0 Å². The van der Waals surface area contributed by atoms with Crippen LogP contribution in [0.15, 0.2) is 65.7 Å². The molecule has 1 aliphatic carbocycles. The molecule has 0 saturated heterocycles. The monoisotopic (exact) mass is 249 g/mol. The molecule has 0 spiro atoms. The molecule has 1 nitrogen and oxygen atoms in total. The fourth-order valence-corrected chi connectivity index (χ4v) is 2.82. The van der Waals surface area contributed by atoms with E-state index >= 15 is 0 Å². The van der Waals surface area contributed by atoms with E-state index in [4.69, 9.17) is 4.99 Å². The molecule has 0 aromatic heterocycles. The van der Waals surface area contributed by atoms with Gasteiger partial charge < -0.3 is 0 Å². The summed E-state index contributed by atoms with van der Waals surface area (Å²) in [7, 11) is 0. The molecule has 0 heterocycles. The Hall–Kier alpha value is -1.89. The Labute approximate surface area is 115 Å². The average Bonchev–Trinajstić information content (AvgIpc) is 3.02. The summed E-state index contributed by atoms with van der Waals surface area (Å²) in [4.78, 5) is 4.94. The van der Waals surface area contributed by atoms with Crippen LogP contribution in [0.2, 0.25) is 0 Å². The second-order valence-corrected chi connectivity index (χ2v) is 5.96. The van der Waals surface area contributed by atoms with E-state index in [1.807, 2.05) is 12.3 Å². The van der Waals surface area contributed by atoms with Crippen LogP contribution in [0, 0.1) is 5.41 Å². The van der Waals surface area contributed by atoms with Gasteiger partial charge in [0.2, 0.25) is 0 Å². The van der Waals surface area contributed by atoms with E-state index < -0.39 is 0 Å². The molecule has 19 heavy (non-hydrogen) atoms. The lowest BCUT2D eigenvalue weighted by atomic mass is 9.96. The van der Waals surface area contributed by atoms with Crippen LogP contribution in [0.25, 0.3) is 0 Å². The smallest absolute Gasteiger partial charge is 0.0914 e. The van der Waals surface area contributed by atoms with Crippen molar-refractivity contribution in [3.05, 3.63) is 71.8 Å². The van der Waals surface area contributed by atoms with Crippen LogP contribution in [0.5, 0.6) is 0 Å². The SMILES string of the molecule is CC1(C)CC1(/N=C/c1ccccc1)c1ccccc1. The van der Waals surface area contributed by atoms with Crippen molar-refractivity contribution in [2.45, 2.75) is 25.8 Å². The summed E-state index contributed by atoms with van der Waals surface area (Å²) >= 11 is 0. The fraction of sp³-hybridized carbons (Fsp3) is 0.278. The first kappa shape index (κ1) is 12.2. The predicted molar refractivity (Wildman–Crippen MR) is 80.6 cm³/mol. The molecule has 0 N–H and O–H groups in total. The first-order valence-electron chi connectivity index (χ1n) is 6.80. The Kier molecular flexibility index (Phi) is 2.78. The molecule has 0 bridgehead atoms. The van der Waals surface area contributed by atoms with Gasteiger partial charge >= 0.3 is 0 Å². The highest BCUT2D eigenvalue weighted by Gasteiger charge is 2.62. The van der Waals surface area contributed by atoms with E-state index in [0.717, 1.165) is 6.42 Å². The van der Waals surface area contributed by atoms with E-state index in [0.29, 0.717) is 0 Å². The number of hydrogen-bond acceptors (Lipinski definition) is 1. The van der Waals surface area contributed by atoms with Crippen LogP contribution in [0.1, 0.15) is 31.4 Å². The molecule has 1 aliphatic rings. The maximum absolute atomic E-state index is 4.94. The van der Waals surface area contributed by atoms with Gasteiger partial charge in [-0.3, -0.25) is 4.99 Å². The van der Waals surface area contributed by atoms with Crippen molar-refractivity contribution < 1.29 is 0 Å². The zero-order chi connectivity index (χ0) is 13.3. The summed E-state index contributed by atoms with van der Waals surface area (Å²) in [6.07, 6.45) is 3.13. The second kappa shape index (κ2) is 4.34. The molecule has 2 aromatic rings. The number of benzene rings is 2. The molecule has 1 saturated carbocycles. The minimum absolute atomic E-state index is 0.0376. The Morgan fingerprint density at radius 2 is 1.42 bits per heavy atom. The molecule has 0 amide bonds. The van der Waals surface area contributed by atoms with Gasteiger partial charge in [-0.1, -0.05) is 74.5 Å². The van der Waals surface area contributed by atoms with Gasteiger partial charge in [0.15, 0.2) is 0 Å². The van der Waals surface area contributed by atoms with Gasteiger partial charge in [-0.05, 0) is 23.0 Å². The average molecular weight is 249 g/mol. The summed E-state index contributed by atoms with van der Waals surface area (Å²) in [5.74, 6) is 0. The topological polar surface area (TPSA) is 12.4 Å². The normalized spacial score (nSPS) is 24.5. The van der Waals surface area contributed by atoms with Crippen LogP contribution in [-0.2, 0) is 5.54 Å². The molecule has 2 aromatic carbocycles. The van der Waals surface area contributed by atoms with E-state index in [-0.39, 0.29) is 11.0 Å². The zero-order valence-corrected chi connectivity index (χ0v) is 11.5. The molecule has 96 valence electrons. The number of rotatable bonds is 3. The third-order valence-corrected chi connectivity index (χ3v) is 4.18. The summed E-state index contributed by atoms with van der Waals surface area (Å²) < 4.78 is 0. The molecular formula is C18H19N. The maximum Gasteiger partial charge on any atom is 0.0914 e. The third kappa shape index (κ3) is 2.10. The van der Waals surface area contributed by atoms with Crippen LogP contribution < -0.4 is 0 Å². The van der Waals surface area contributed by atoms with E-state index in [2.05, 4.69) is 68.4 Å². The maximum atomic E-state index is 4.94. The standard InChI is InChI=1S/C18H19N/c1-17(2)14-18(17,16-11-7-4-8-12-16)19-13-15-9-5-3-6-10-15/h3-13H,14H2,1-2H3/b19-13+. The Morgan fingerprint density at radius 3 is 1.95 bits per heavy atom. The molecular weight excluding hydrogens is 230 g/mol. The van der Waals surface area contributed by atoms with Crippen molar-refractivity contribution >= 4 is 6.21 Å². The van der Waals surface area contributed by atoms with Crippen molar-refractivity contribution in [3.63, 3.8) is 0 Å². The highest BCUT2D eigenvalue weighted by atomic mass is 15.0. The van der Waals surface area contributed by atoms with Crippen LogP contribution in [0.3, 0.4) is 0 Å². The van der Waals surface area contributed by atoms with Crippen LogP contribution in [-0.4, -0.2) is 6.21 Å². The molecule has 0 aliphatic heterocycles. The first-order chi connectivity index (χ1) is 9.14. The van der Waals surface area contributed by atoms with E-state index in [1.165, 1.54) is 11.1 Å². The molecule has 1 fully saturated rings. The number of aliphatic imine (C=N–C) groups is 1. The predicted octanol–water partition coefficient (Wildman–Crippen LogP) is 4.43. The molecule has 3 rings (SSSR count). The van der Waals surface area contributed by atoms with E-state index in [9.17, 15) is 0 Å². The van der Waals surface area contributed by atoms with Crippen molar-refractivity contribution in [3.8, 4) is 0 Å². The Morgan fingerprint density at radius 1 is 0.895 bits per heavy atom. The van der Waals surface area contributed by atoms with Crippen molar-refractivity contribution in [2.75, 3.05) is 0 Å². The summed E-state index contributed by atoms with van der Waals surface area (Å²) in [5.41, 5.74) is 2.71. The van der Waals surface area contributed by atoms with Gasteiger partial charge in [0.05, 0.1) is 5.54 Å². The Balaban J connectivity index is 1.94. The first-order valence-corrected chi connectivity index (χ1v) is 6.80. The van der Waals surface area contributed by atoms with Gasteiger partial charge in [-0.2, -0.15) is 0 Å². The lowest BCUT2D eigenvalue weighted by Gasteiger charge is -2.16. The van der Waals surface area contributed by atoms with Crippen LogP contribution in [0.4, 0.5) is 0 Å². The van der Waals surface area contributed by atoms with Gasteiger partial charge in [0.1, 0.15) is 0 Å². The number of hydrogen-bond donors (Lipinski definition) is 0. The molecule has 1 heteroatoms.